The summed E-state index contributed by atoms with van der Waals surface area (Å²) in [5, 5.41) is 11.1. The van der Waals surface area contributed by atoms with Crippen LogP contribution in [0.4, 0.5) is 0 Å². The average Bonchev–Trinajstić information content (AvgIpc) is 2.38. The number of carbonyl (C=O) groups is 2. The van der Waals surface area contributed by atoms with Crippen LogP contribution in [0.2, 0.25) is 0 Å². The molecule has 0 aromatic heterocycles. The maximum atomic E-state index is 11.3. The van der Waals surface area contributed by atoms with Crippen LogP contribution < -0.4 is 16.8 Å². The van der Waals surface area contributed by atoms with Crippen molar-refractivity contribution in [2.75, 3.05) is 39.5 Å². The fraction of sp³-hybridized carbons (Fsp3) is 0.727. The highest BCUT2D eigenvalue weighted by molar-refractivity contribution is 5.78. The van der Waals surface area contributed by atoms with Crippen molar-refractivity contribution < 1.29 is 24.2 Å². The zero-order chi connectivity index (χ0) is 15.4. The van der Waals surface area contributed by atoms with Crippen LogP contribution in [0.25, 0.3) is 0 Å². The number of hydrogen-bond acceptors (Lipinski definition) is 5. The number of nitrogens with one attached hydrogen (secondary N) is 1. The van der Waals surface area contributed by atoms with Crippen molar-refractivity contribution >= 4 is 17.8 Å². The molecular weight excluding hydrogens is 268 g/mol. The Labute approximate surface area is 117 Å². The molecule has 0 unspecified atom stereocenters. The van der Waals surface area contributed by atoms with Crippen LogP contribution in [0.5, 0.6) is 0 Å². The molecule has 0 radical (unpaired) electrons. The Morgan fingerprint density at radius 2 is 1.90 bits per heavy atom. The fourth-order valence-electron chi connectivity index (χ4n) is 1.03. The van der Waals surface area contributed by atoms with E-state index in [0.29, 0.717) is 19.8 Å². The number of amides is 1. The van der Waals surface area contributed by atoms with Crippen molar-refractivity contribution in [3.05, 3.63) is 0 Å². The number of aliphatic carboxylic acids is 1. The van der Waals surface area contributed by atoms with E-state index in [9.17, 15) is 9.59 Å². The molecular formula is C11H22N4O5. The number of nitrogens with two attached hydrogens (primary N) is 2. The molecule has 9 nitrogen and oxygen atoms in total. The van der Waals surface area contributed by atoms with Gasteiger partial charge in [0.2, 0.25) is 5.91 Å². The van der Waals surface area contributed by atoms with Crippen LogP contribution in [-0.2, 0) is 19.1 Å². The van der Waals surface area contributed by atoms with E-state index in [1.54, 1.807) is 0 Å². The summed E-state index contributed by atoms with van der Waals surface area (Å²) in [4.78, 5) is 25.5. The molecule has 0 aliphatic heterocycles. The molecule has 0 saturated carbocycles. The molecule has 20 heavy (non-hydrogen) atoms. The zero-order valence-corrected chi connectivity index (χ0v) is 11.5. The number of rotatable bonds is 11. The Kier molecular flexibility index (Phi) is 9.97. The molecule has 0 spiro atoms. The minimum Gasteiger partial charge on any atom is -0.481 e. The second-order valence-corrected chi connectivity index (χ2v) is 4.01. The maximum absolute atomic E-state index is 11.3. The quantitative estimate of drug-likeness (QED) is 0.198. The van der Waals surface area contributed by atoms with E-state index in [4.69, 9.17) is 26.0 Å². The van der Waals surface area contributed by atoms with Crippen LogP contribution in [-0.4, -0.2) is 62.5 Å². The van der Waals surface area contributed by atoms with Crippen LogP contribution >= 0.6 is 0 Å². The lowest BCUT2D eigenvalue weighted by molar-refractivity contribution is -0.141. The average molecular weight is 290 g/mol. The standard InChI is InChI=1S/C11H22N4O5/c1-8(10(17)18)6-15-9(16)7-20-5-4-19-3-2-14-11(12)13/h8H,2-7H2,1H3,(H,15,16)(H,17,18)(H4,12,13,14)/t8-/m0/s1. The van der Waals surface area contributed by atoms with Crippen molar-refractivity contribution in [1.82, 2.24) is 5.32 Å². The van der Waals surface area contributed by atoms with Gasteiger partial charge in [0.05, 0.1) is 32.3 Å². The number of hydrogen-bond donors (Lipinski definition) is 4. The van der Waals surface area contributed by atoms with Gasteiger partial charge in [-0.3, -0.25) is 14.6 Å². The lowest BCUT2D eigenvalue weighted by Crippen LogP contribution is -2.34. The summed E-state index contributed by atoms with van der Waals surface area (Å²) in [6.45, 7) is 2.76. The minimum absolute atomic E-state index is 0.0112. The van der Waals surface area contributed by atoms with E-state index >= 15 is 0 Å². The minimum atomic E-state index is -0.958. The monoisotopic (exact) mass is 290 g/mol. The van der Waals surface area contributed by atoms with Gasteiger partial charge in [0.25, 0.3) is 0 Å². The van der Waals surface area contributed by atoms with Gasteiger partial charge in [0.1, 0.15) is 6.61 Å². The smallest absolute Gasteiger partial charge is 0.308 e. The summed E-state index contributed by atoms with van der Waals surface area (Å²) in [6.07, 6.45) is 0. The lowest BCUT2D eigenvalue weighted by Gasteiger charge is -2.09. The first kappa shape index (κ1) is 18.1. The van der Waals surface area contributed by atoms with Gasteiger partial charge in [-0.25, -0.2) is 0 Å². The van der Waals surface area contributed by atoms with Gasteiger partial charge in [-0.15, -0.1) is 0 Å². The fourth-order valence-corrected chi connectivity index (χ4v) is 1.03. The van der Waals surface area contributed by atoms with Gasteiger partial charge < -0.3 is 31.4 Å². The molecule has 116 valence electrons. The van der Waals surface area contributed by atoms with Crippen molar-refractivity contribution in [2.24, 2.45) is 22.4 Å². The maximum Gasteiger partial charge on any atom is 0.308 e. The van der Waals surface area contributed by atoms with Crippen molar-refractivity contribution in [1.29, 1.82) is 0 Å². The highest BCUT2D eigenvalue weighted by atomic mass is 16.5. The van der Waals surface area contributed by atoms with Crippen LogP contribution in [0.3, 0.4) is 0 Å². The first-order chi connectivity index (χ1) is 9.43. The zero-order valence-electron chi connectivity index (χ0n) is 11.5. The van der Waals surface area contributed by atoms with Gasteiger partial charge >= 0.3 is 5.97 Å². The number of carboxylic acids is 1. The van der Waals surface area contributed by atoms with Crippen molar-refractivity contribution in [3.8, 4) is 0 Å². The number of aliphatic imine (C=N–C) groups is 1. The molecule has 0 saturated heterocycles. The van der Waals surface area contributed by atoms with E-state index < -0.39 is 11.9 Å². The van der Waals surface area contributed by atoms with Gasteiger partial charge in [0.15, 0.2) is 5.96 Å². The highest BCUT2D eigenvalue weighted by Crippen LogP contribution is 1.91. The molecule has 0 aliphatic carbocycles. The van der Waals surface area contributed by atoms with Crippen LogP contribution in [0.1, 0.15) is 6.92 Å². The van der Waals surface area contributed by atoms with E-state index in [-0.39, 0.29) is 31.6 Å². The summed E-state index contributed by atoms with van der Waals surface area (Å²) in [6, 6.07) is 0. The second kappa shape index (κ2) is 11.0. The number of carboxylic acid groups (broad SMARTS) is 1. The Balaban J connectivity index is 3.40. The molecule has 0 heterocycles. The molecule has 0 fully saturated rings. The summed E-state index contributed by atoms with van der Waals surface area (Å²) in [5.74, 6) is -1.94. The molecule has 6 N–H and O–H groups in total. The first-order valence-electron chi connectivity index (χ1n) is 6.14. The molecule has 0 rings (SSSR count). The largest absolute Gasteiger partial charge is 0.481 e. The molecule has 0 aromatic carbocycles. The summed E-state index contributed by atoms with van der Waals surface area (Å²) in [7, 11) is 0. The summed E-state index contributed by atoms with van der Waals surface area (Å²) < 4.78 is 10.2. The van der Waals surface area contributed by atoms with Gasteiger partial charge in [-0.05, 0) is 0 Å². The number of guanidine groups is 1. The van der Waals surface area contributed by atoms with E-state index in [1.807, 2.05) is 0 Å². The number of ether oxygens (including phenoxy) is 2. The van der Waals surface area contributed by atoms with Gasteiger partial charge in [-0.1, -0.05) is 6.92 Å². The summed E-state index contributed by atoms with van der Waals surface area (Å²) >= 11 is 0. The Morgan fingerprint density at radius 1 is 1.25 bits per heavy atom. The number of carbonyl (C=O) groups excluding carboxylic acids is 1. The van der Waals surface area contributed by atoms with E-state index in [1.165, 1.54) is 6.92 Å². The third-order valence-corrected chi connectivity index (χ3v) is 2.16. The van der Waals surface area contributed by atoms with Crippen LogP contribution in [0.15, 0.2) is 4.99 Å². The molecule has 1 atom stereocenters. The lowest BCUT2D eigenvalue weighted by atomic mass is 10.2. The summed E-state index contributed by atoms with van der Waals surface area (Å²) in [5.41, 5.74) is 10.2. The molecule has 0 aliphatic rings. The highest BCUT2D eigenvalue weighted by Gasteiger charge is 2.11. The van der Waals surface area contributed by atoms with Crippen molar-refractivity contribution in [2.45, 2.75) is 6.92 Å². The van der Waals surface area contributed by atoms with Crippen LogP contribution in [0, 0.1) is 5.92 Å². The predicted molar refractivity (Wildman–Crippen MR) is 72.1 cm³/mol. The molecule has 9 heteroatoms. The molecule has 1 amide bonds. The second-order valence-electron chi connectivity index (χ2n) is 4.01. The van der Waals surface area contributed by atoms with E-state index in [0.717, 1.165) is 0 Å². The third-order valence-electron chi connectivity index (χ3n) is 2.16. The third kappa shape index (κ3) is 11.2. The molecule has 0 aromatic rings. The SMILES string of the molecule is C[C@@H](CNC(=O)COCCOCCN=C(N)N)C(=O)O. The first-order valence-corrected chi connectivity index (χ1v) is 6.14. The van der Waals surface area contributed by atoms with Gasteiger partial charge in [0, 0.05) is 6.54 Å². The predicted octanol–water partition coefficient (Wildman–Crippen LogP) is -1.87. The van der Waals surface area contributed by atoms with E-state index in [2.05, 4.69) is 10.3 Å². The normalized spacial score (nSPS) is 11.7. The Morgan fingerprint density at radius 3 is 2.50 bits per heavy atom. The van der Waals surface area contributed by atoms with Crippen molar-refractivity contribution in [3.63, 3.8) is 0 Å². The van der Waals surface area contributed by atoms with Gasteiger partial charge in [-0.2, -0.15) is 0 Å². The molecule has 0 bridgehead atoms. The number of nitrogens with zero attached hydrogens (tertiary/aromatic N) is 1. The topological polar surface area (TPSA) is 149 Å². The Hall–Kier alpha value is -1.87. The Bertz CT molecular complexity index is 331.